The number of thioether (sulfide) groups is 1. The van der Waals surface area contributed by atoms with Crippen molar-refractivity contribution in [3.63, 3.8) is 0 Å². The lowest BCUT2D eigenvalue weighted by atomic mass is 10.2. The molecule has 2 rings (SSSR count). The molecule has 1 fully saturated rings. The van der Waals surface area contributed by atoms with Gasteiger partial charge in [-0.05, 0) is 12.3 Å². The van der Waals surface area contributed by atoms with E-state index in [-0.39, 0.29) is 5.91 Å². The highest BCUT2D eigenvalue weighted by atomic mass is 79.9. The Labute approximate surface area is 117 Å². The molecular weight excluding hydrogens is 322 g/mol. The number of alkyl halides is 1. The number of carbonyl (C=O) groups is 1. The molecule has 17 heavy (non-hydrogen) atoms. The van der Waals surface area contributed by atoms with Crippen LogP contribution in [0.1, 0.15) is 19.8 Å². The number of aromatic nitrogens is 2. The summed E-state index contributed by atoms with van der Waals surface area (Å²) in [7, 11) is 0. The summed E-state index contributed by atoms with van der Waals surface area (Å²) >= 11 is 6.65. The third-order valence-corrected chi connectivity index (χ3v) is 5.68. The molecule has 2 heterocycles. The van der Waals surface area contributed by atoms with Gasteiger partial charge in [0.2, 0.25) is 11.0 Å². The van der Waals surface area contributed by atoms with Crippen molar-refractivity contribution in [1.82, 2.24) is 10.2 Å². The number of amides is 1. The molecule has 0 saturated carbocycles. The van der Waals surface area contributed by atoms with E-state index in [1.807, 2.05) is 0 Å². The minimum absolute atomic E-state index is 0.164. The van der Waals surface area contributed by atoms with Crippen molar-refractivity contribution >= 4 is 50.1 Å². The van der Waals surface area contributed by atoms with E-state index >= 15 is 0 Å². The molecule has 0 N–H and O–H groups in total. The van der Waals surface area contributed by atoms with Crippen LogP contribution in [0.15, 0.2) is 4.34 Å². The first-order chi connectivity index (χ1) is 8.24. The Morgan fingerprint density at radius 1 is 1.59 bits per heavy atom. The highest BCUT2D eigenvalue weighted by Crippen LogP contribution is 2.32. The molecular formula is C10H14BrN3OS2. The second kappa shape index (κ2) is 6.15. The number of hydrogen-bond donors (Lipinski definition) is 0. The predicted molar refractivity (Wildman–Crippen MR) is 75.2 cm³/mol. The topological polar surface area (TPSA) is 46.1 Å². The molecule has 1 aliphatic heterocycles. The van der Waals surface area contributed by atoms with Crippen LogP contribution in [0.5, 0.6) is 0 Å². The molecule has 1 atom stereocenters. The van der Waals surface area contributed by atoms with Gasteiger partial charge in [0, 0.05) is 24.0 Å². The van der Waals surface area contributed by atoms with E-state index in [1.54, 1.807) is 16.7 Å². The van der Waals surface area contributed by atoms with E-state index in [0.717, 1.165) is 33.5 Å². The maximum atomic E-state index is 11.8. The van der Waals surface area contributed by atoms with Crippen LogP contribution in [0.25, 0.3) is 0 Å². The fraction of sp³-hybridized carbons (Fsp3) is 0.700. The van der Waals surface area contributed by atoms with Crippen molar-refractivity contribution in [1.29, 1.82) is 0 Å². The first-order valence-corrected chi connectivity index (χ1v) is 8.49. The number of hydrogen-bond acceptors (Lipinski definition) is 5. The summed E-state index contributed by atoms with van der Waals surface area (Å²) in [5.74, 6) is 1.61. The van der Waals surface area contributed by atoms with Crippen LogP contribution < -0.4 is 4.90 Å². The summed E-state index contributed by atoms with van der Waals surface area (Å²) in [6.07, 6.45) is 1.73. The van der Waals surface area contributed by atoms with Crippen LogP contribution >= 0.6 is 39.0 Å². The molecule has 0 aliphatic carbocycles. The zero-order chi connectivity index (χ0) is 12.3. The lowest BCUT2D eigenvalue weighted by Crippen LogP contribution is -2.24. The maximum Gasteiger partial charge on any atom is 0.229 e. The third-order valence-electron chi connectivity index (χ3n) is 2.48. The molecule has 1 unspecified atom stereocenters. The summed E-state index contributed by atoms with van der Waals surface area (Å²) in [5, 5.41) is 9.83. The van der Waals surface area contributed by atoms with Gasteiger partial charge in [0.1, 0.15) is 0 Å². The number of nitrogens with zero attached hydrogens (tertiary/aromatic N) is 3. The number of anilines is 1. The monoisotopic (exact) mass is 335 g/mol. The van der Waals surface area contributed by atoms with Gasteiger partial charge in [-0.3, -0.25) is 9.69 Å². The van der Waals surface area contributed by atoms with E-state index < -0.39 is 0 Å². The molecule has 4 nitrogen and oxygen atoms in total. The molecule has 0 aromatic carbocycles. The molecule has 7 heteroatoms. The molecule has 1 aromatic heterocycles. The maximum absolute atomic E-state index is 11.8. The average Bonchev–Trinajstić information content (AvgIpc) is 2.92. The summed E-state index contributed by atoms with van der Waals surface area (Å²) in [5.41, 5.74) is 0. The van der Waals surface area contributed by atoms with E-state index in [1.165, 1.54) is 11.3 Å². The van der Waals surface area contributed by atoms with Gasteiger partial charge in [-0.25, -0.2) is 0 Å². The van der Waals surface area contributed by atoms with E-state index in [4.69, 9.17) is 0 Å². The summed E-state index contributed by atoms with van der Waals surface area (Å²) in [6, 6.07) is 0. The second-order valence-corrected chi connectivity index (χ2v) is 6.87. The third kappa shape index (κ3) is 3.20. The molecule has 0 bridgehead atoms. The van der Waals surface area contributed by atoms with E-state index in [9.17, 15) is 4.79 Å². The first kappa shape index (κ1) is 13.3. The van der Waals surface area contributed by atoms with Gasteiger partial charge in [-0.2, -0.15) is 0 Å². The Morgan fingerprint density at radius 3 is 3.06 bits per heavy atom. The van der Waals surface area contributed by atoms with Crippen molar-refractivity contribution in [2.75, 3.05) is 22.5 Å². The van der Waals surface area contributed by atoms with Crippen LogP contribution in [-0.4, -0.2) is 33.7 Å². The van der Waals surface area contributed by atoms with Gasteiger partial charge in [0.15, 0.2) is 4.34 Å². The SMILES string of the molecule is CCCSc1nnc(N2CC(CBr)CC2=O)s1. The highest BCUT2D eigenvalue weighted by molar-refractivity contribution is 9.09. The van der Waals surface area contributed by atoms with Crippen molar-refractivity contribution in [2.45, 2.75) is 24.1 Å². The molecule has 1 saturated heterocycles. The molecule has 94 valence electrons. The van der Waals surface area contributed by atoms with Crippen molar-refractivity contribution in [3.05, 3.63) is 0 Å². The lowest BCUT2D eigenvalue weighted by Gasteiger charge is -2.10. The Morgan fingerprint density at radius 2 is 2.41 bits per heavy atom. The standard InChI is InChI=1S/C10H14BrN3OS2/c1-2-3-16-10-13-12-9(17-10)14-6-7(5-11)4-8(14)15/h7H,2-6H2,1H3. The van der Waals surface area contributed by atoms with Crippen LogP contribution in [-0.2, 0) is 4.79 Å². The van der Waals surface area contributed by atoms with Crippen molar-refractivity contribution in [3.8, 4) is 0 Å². The minimum atomic E-state index is 0.164. The molecule has 1 aliphatic rings. The minimum Gasteiger partial charge on any atom is -0.286 e. The second-order valence-electron chi connectivity index (χ2n) is 3.93. The van der Waals surface area contributed by atoms with Crippen LogP contribution in [0, 0.1) is 5.92 Å². The van der Waals surface area contributed by atoms with E-state index in [2.05, 4.69) is 33.1 Å². The molecule has 1 aromatic rings. The Bertz CT molecular complexity index is 399. The predicted octanol–water partition coefficient (Wildman–Crippen LogP) is 2.79. The quantitative estimate of drug-likeness (QED) is 0.471. The highest BCUT2D eigenvalue weighted by Gasteiger charge is 2.31. The first-order valence-electron chi connectivity index (χ1n) is 5.57. The van der Waals surface area contributed by atoms with Gasteiger partial charge in [-0.15, -0.1) is 10.2 Å². The van der Waals surface area contributed by atoms with Crippen LogP contribution in [0.4, 0.5) is 5.13 Å². The number of halogens is 1. The van der Waals surface area contributed by atoms with Gasteiger partial charge < -0.3 is 0 Å². The average molecular weight is 336 g/mol. The molecule has 1 amide bonds. The number of carbonyl (C=O) groups excluding carboxylic acids is 1. The van der Waals surface area contributed by atoms with Crippen LogP contribution in [0.2, 0.25) is 0 Å². The van der Waals surface area contributed by atoms with Gasteiger partial charge in [-0.1, -0.05) is 46.0 Å². The van der Waals surface area contributed by atoms with E-state index in [0.29, 0.717) is 12.3 Å². The normalized spacial score (nSPS) is 20.2. The fourth-order valence-electron chi connectivity index (χ4n) is 1.63. The van der Waals surface area contributed by atoms with Gasteiger partial charge in [0.05, 0.1) is 0 Å². The zero-order valence-corrected chi connectivity index (χ0v) is 12.8. The molecule has 0 radical (unpaired) electrons. The van der Waals surface area contributed by atoms with Gasteiger partial charge >= 0.3 is 0 Å². The number of rotatable bonds is 5. The van der Waals surface area contributed by atoms with Crippen molar-refractivity contribution in [2.24, 2.45) is 5.92 Å². The largest absolute Gasteiger partial charge is 0.286 e. The van der Waals surface area contributed by atoms with Crippen molar-refractivity contribution < 1.29 is 4.79 Å². The summed E-state index contributed by atoms with van der Waals surface area (Å²) < 4.78 is 0.956. The Hall–Kier alpha value is -0.140. The smallest absolute Gasteiger partial charge is 0.229 e. The van der Waals surface area contributed by atoms with Crippen LogP contribution in [0.3, 0.4) is 0 Å². The zero-order valence-electron chi connectivity index (χ0n) is 9.56. The Balaban J connectivity index is 2.02. The summed E-state index contributed by atoms with van der Waals surface area (Å²) in [6.45, 7) is 2.90. The summed E-state index contributed by atoms with van der Waals surface area (Å²) in [4.78, 5) is 13.6. The molecule has 0 spiro atoms. The Kier molecular flexibility index (Phi) is 4.81. The lowest BCUT2D eigenvalue weighted by molar-refractivity contribution is -0.117. The fourth-order valence-corrected chi connectivity index (χ4v) is 3.86. The van der Waals surface area contributed by atoms with Gasteiger partial charge in [0.25, 0.3) is 0 Å².